The van der Waals surface area contributed by atoms with E-state index < -0.39 is 0 Å². The molecule has 0 radical (unpaired) electrons. The molecule has 6 nitrogen and oxygen atoms in total. The van der Waals surface area contributed by atoms with Crippen LogP contribution in [0.1, 0.15) is 40.3 Å². The third kappa shape index (κ3) is 2.99. The molecule has 0 fully saturated rings. The van der Waals surface area contributed by atoms with Gasteiger partial charge in [0, 0.05) is 17.3 Å². The summed E-state index contributed by atoms with van der Waals surface area (Å²) in [4.78, 5) is 12.3. The van der Waals surface area contributed by atoms with Crippen molar-refractivity contribution in [3.63, 3.8) is 0 Å². The molecular formula is C15H19N3O3. The predicted octanol–water partition coefficient (Wildman–Crippen LogP) is 2.37. The van der Waals surface area contributed by atoms with Crippen LogP contribution < -0.4 is 15.8 Å². The molecule has 0 saturated carbocycles. The van der Waals surface area contributed by atoms with Crippen LogP contribution in [0.4, 0.5) is 5.69 Å². The lowest BCUT2D eigenvalue weighted by Crippen LogP contribution is -2.28. The van der Waals surface area contributed by atoms with Crippen LogP contribution in [0.3, 0.4) is 0 Å². The van der Waals surface area contributed by atoms with Crippen molar-refractivity contribution in [1.82, 2.24) is 10.5 Å². The van der Waals surface area contributed by atoms with Crippen LogP contribution in [0.5, 0.6) is 5.75 Å². The van der Waals surface area contributed by atoms with Crippen molar-refractivity contribution in [1.29, 1.82) is 0 Å². The molecule has 1 atom stereocenters. The number of rotatable bonds is 4. The number of hydrogen-bond donors (Lipinski definition) is 2. The minimum Gasteiger partial charge on any atom is -0.497 e. The standard InChI is InChI=1S/C15H19N3O3/c1-8(14-9(2)18-21-10(14)3)17-15(19)12-6-5-11(20-4)7-13(12)16/h5-8H,16H2,1-4H3,(H,17,19). The van der Waals surface area contributed by atoms with Crippen molar-refractivity contribution in [2.45, 2.75) is 26.8 Å². The quantitative estimate of drug-likeness (QED) is 0.843. The Kier molecular flexibility index (Phi) is 4.16. The Hall–Kier alpha value is -2.50. The molecule has 21 heavy (non-hydrogen) atoms. The summed E-state index contributed by atoms with van der Waals surface area (Å²) in [7, 11) is 1.55. The smallest absolute Gasteiger partial charge is 0.253 e. The van der Waals surface area contributed by atoms with Gasteiger partial charge in [-0.25, -0.2) is 0 Å². The number of aryl methyl sites for hydroxylation is 2. The van der Waals surface area contributed by atoms with Crippen molar-refractivity contribution in [3.05, 3.63) is 40.8 Å². The maximum atomic E-state index is 12.3. The second-order valence-corrected chi connectivity index (χ2v) is 4.89. The van der Waals surface area contributed by atoms with Gasteiger partial charge in [0.15, 0.2) is 0 Å². The molecule has 0 aliphatic heterocycles. The Bertz CT molecular complexity index is 645. The Labute approximate surface area is 123 Å². The van der Waals surface area contributed by atoms with Gasteiger partial charge < -0.3 is 20.3 Å². The number of benzene rings is 1. The number of aromatic nitrogens is 1. The van der Waals surface area contributed by atoms with Crippen molar-refractivity contribution in [3.8, 4) is 5.75 Å². The number of amides is 1. The summed E-state index contributed by atoms with van der Waals surface area (Å²) in [5.74, 6) is 1.06. The molecule has 112 valence electrons. The molecule has 0 saturated heterocycles. The lowest BCUT2D eigenvalue weighted by atomic mass is 10.1. The highest BCUT2D eigenvalue weighted by Crippen LogP contribution is 2.23. The molecule has 0 spiro atoms. The molecule has 1 amide bonds. The first-order chi connectivity index (χ1) is 9.93. The molecule has 1 aromatic heterocycles. The SMILES string of the molecule is COc1ccc(C(=O)NC(C)c2c(C)noc2C)c(N)c1. The number of hydrogen-bond acceptors (Lipinski definition) is 5. The Morgan fingerprint density at radius 3 is 2.67 bits per heavy atom. The monoisotopic (exact) mass is 289 g/mol. The first kappa shape index (κ1) is 14.9. The van der Waals surface area contributed by atoms with Crippen molar-refractivity contribution in [2.24, 2.45) is 0 Å². The van der Waals surface area contributed by atoms with Crippen LogP contribution in [0.25, 0.3) is 0 Å². The zero-order valence-electron chi connectivity index (χ0n) is 12.6. The third-order valence-electron chi connectivity index (χ3n) is 3.37. The van der Waals surface area contributed by atoms with Gasteiger partial charge in [-0.2, -0.15) is 0 Å². The average Bonchev–Trinajstić information content (AvgIpc) is 2.77. The Morgan fingerprint density at radius 2 is 2.14 bits per heavy atom. The van der Waals surface area contributed by atoms with Crippen molar-refractivity contribution in [2.75, 3.05) is 12.8 Å². The molecule has 1 aromatic carbocycles. The Morgan fingerprint density at radius 1 is 1.43 bits per heavy atom. The lowest BCUT2D eigenvalue weighted by Gasteiger charge is -2.15. The highest BCUT2D eigenvalue weighted by atomic mass is 16.5. The summed E-state index contributed by atoms with van der Waals surface area (Å²) in [5, 5.41) is 6.79. The second kappa shape index (κ2) is 5.87. The van der Waals surface area contributed by atoms with E-state index in [0.29, 0.717) is 22.8 Å². The number of ether oxygens (including phenoxy) is 1. The fourth-order valence-corrected chi connectivity index (χ4v) is 2.33. The summed E-state index contributed by atoms with van der Waals surface area (Å²) >= 11 is 0. The van der Waals surface area contributed by atoms with E-state index in [1.54, 1.807) is 25.3 Å². The summed E-state index contributed by atoms with van der Waals surface area (Å²) in [6.45, 7) is 5.54. The van der Waals surface area contributed by atoms with Gasteiger partial charge in [-0.15, -0.1) is 0 Å². The fourth-order valence-electron chi connectivity index (χ4n) is 2.33. The van der Waals surface area contributed by atoms with Gasteiger partial charge in [0.25, 0.3) is 5.91 Å². The van der Waals surface area contributed by atoms with Gasteiger partial charge >= 0.3 is 0 Å². The topological polar surface area (TPSA) is 90.4 Å². The zero-order chi connectivity index (χ0) is 15.6. The molecule has 1 unspecified atom stereocenters. The van der Waals surface area contributed by atoms with Gasteiger partial charge in [-0.05, 0) is 32.9 Å². The maximum absolute atomic E-state index is 12.3. The number of carbonyl (C=O) groups excluding carboxylic acids is 1. The average molecular weight is 289 g/mol. The van der Waals surface area contributed by atoms with Crippen LogP contribution in [0.2, 0.25) is 0 Å². The summed E-state index contributed by atoms with van der Waals surface area (Å²) in [6.07, 6.45) is 0. The van der Waals surface area contributed by atoms with Crippen molar-refractivity contribution >= 4 is 11.6 Å². The van der Waals surface area contributed by atoms with E-state index in [9.17, 15) is 4.79 Å². The van der Waals surface area contributed by atoms with Crippen LogP contribution in [-0.4, -0.2) is 18.2 Å². The van der Waals surface area contributed by atoms with Gasteiger partial charge in [0.1, 0.15) is 11.5 Å². The van der Waals surface area contributed by atoms with Crippen LogP contribution in [0, 0.1) is 13.8 Å². The van der Waals surface area contributed by atoms with E-state index >= 15 is 0 Å². The van der Waals surface area contributed by atoms with E-state index in [2.05, 4.69) is 10.5 Å². The van der Waals surface area contributed by atoms with E-state index in [1.165, 1.54) is 0 Å². The first-order valence-electron chi connectivity index (χ1n) is 6.61. The molecule has 1 heterocycles. The van der Waals surface area contributed by atoms with Crippen LogP contribution in [0.15, 0.2) is 22.7 Å². The van der Waals surface area contributed by atoms with Gasteiger partial charge in [-0.3, -0.25) is 4.79 Å². The minimum absolute atomic E-state index is 0.217. The van der Waals surface area contributed by atoms with Gasteiger partial charge in [0.2, 0.25) is 0 Å². The number of methoxy groups -OCH3 is 1. The third-order valence-corrected chi connectivity index (χ3v) is 3.37. The number of nitrogens with one attached hydrogen (secondary N) is 1. The zero-order valence-corrected chi connectivity index (χ0v) is 12.6. The van der Waals surface area contributed by atoms with Gasteiger partial charge in [0.05, 0.1) is 24.4 Å². The van der Waals surface area contributed by atoms with E-state index in [4.69, 9.17) is 15.0 Å². The first-order valence-corrected chi connectivity index (χ1v) is 6.61. The fraction of sp³-hybridized carbons (Fsp3) is 0.333. The van der Waals surface area contributed by atoms with Crippen LogP contribution in [-0.2, 0) is 0 Å². The summed E-state index contributed by atoms with van der Waals surface area (Å²) in [6, 6.07) is 4.75. The Balaban J connectivity index is 2.18. The number of nitrogen functional groups attached to an aromatic ring is 1. The molecule has 0 aliphatic rings. The lowest BCUT2D eigenvalue weighted by molar-refractivity contribution is 0.0940. The van der Waals surface area contributed by atoms with E-state index in [1.807, 2.05) is 20.8 Å². The maximum Gasteiger partial charge on any atom is 0.253 e. The molecule has 6 heteroatoms. The van der Waals surface area contributed by atoms with Crippen molar-refractivity contribution < 1.29 is 14.1 Å². The molecule has 2 rings (SSSR count). The summed E-state index contributed by atoms with van der Waals surface area (Å²) < 4.78 is 10.2. The minimum atomic E-state index is -0.248. The number of carbonyl (C=O) groups is 1. The van der Waals surface area contributed by atoms with E-state index in [0.717, 1.165) is 11.3 Å². The number of anilines is 1. The predicted molar refractivity (Wildman–Crippen MR) is 79.3 cm³/mol. The van der Waals surface area contributed by atoms with E-state index in [-0.39, 0.29) is 11.9 Å². The second-order valence-electron chi connectivity index (χ2n) is 4.89. The highest BCUT2D eigenvalue weighted by Gasteiger charge is 2.20. The largest absolute Gasteiger partial charge is 0.497 e. The number of nitrogens with two attached hydrogens (primary N) is 1. The highest BCUT2D eigenvalue weighted by molar-refractivity contribution is 5.99. The molecule has 0 aliphatic carbocycles. The summed E-state index contributed by atoms with van der Waals surface area (Å²) in [5.41, 5.74) is 8.32. The molecule has 0 bridgehead atoms. The number of nitrogens with zero attached hydrogens (tertiary/aromatic N) is 1. The molecule has 3 N–H and O–H groups in total. The van der Waals surface area contributed by atoms with Crippen LogP contribution >= 0.6 is 0 Å². The normalized spacial score (nSPS) is 12.0. The van der Waals surface area contributed by atoms with Gasteiger partial charge in [-0.1, -0.05) is 5.16 Å². The molecule has 2 aromatic rings. The molecular weight excluding hydrogens is 270 g/mol.